The van der Waals surface area contributed by atoms with E-state index in [1.165, 1.54) is 32.1 Å². The first-order valence-electron chi connectivity index (χ1n) is 6.13. The summed E-state index contributed by atoms with van der Waals surface area (Å²) in [6, 6.07) is 0. The second-order valence-corrected chi connectivity index (χ2v) is 3.94. The van der Waals surface area contributed by atoms with Gasteiger partial charge in [-0.15, -0.1) is 0 Å². The Bertz CT molecular complexity index is 160. The minimum absolute atomic E-state index is 0.344. The van der Waals surface area contributed by atoms with E-state index in [0.29, 0.717) is 13.0 Å². The number of hydrogen-bond donors (Lipinski definition) is 1. The smallest absolute Gasteiger partial charge is 0.246 e. The summed E-state index contributed by atoms with van der Waals surface area (Å²) >= 11 is 0. The lowest BCUT2D eigenvalue weighted by molar-refractivity contribution is -0.129. The Hall–Kier alpha value is -0.570. The molecule has 3 nitrogen and oxygen atoms in total. The van der Waals surface area contributed by atoms with E-state index in [0.717, 1.165) is 6.42 Å². The molecule has 1 atom stereocenters. The van der Waals surface area contributed by atoms with Crippen molar-refractivity contribution in [3.63, 3.8) is 0 Å². The van der Waals surface area contributed by atoms with E-state index in [9.17, 15) is 4.79 Å². The summed E-state index contributed by atoms with van der Waals surface area (Å²) in [4.78, 5) is 10.8. The fourth-order valence-electron chi connectivity index (χ4n) is 1.51. The zero-order chi connectivity index (χ0) is 11.5. The molecule has 3 heteroatoms. The van der Waals surface area contributed by atoms with Gasteiger partial charge in [0.05, 0.1) is 0 Å². The van der Waals surface area contributed by atoms with Crippen LogP contribution in [0.25, 0.3) is 0 Å². The third-order valence-corrected chi connectivity index (χ3v) is 2.51. The molecule has 0 saturated heterocycles. The van der Waals surface area contributed by atoms with Gasteiger partial charge >= 0.3 is 0 Å². The van der Waals surface area contributed by atoms with Gasteiger partial charge in [0, 0.05) is 6.61 Å². The van der Waals surface area contributed by atoms with Crippen LogP contribution in [-0.4, -0.2) is 18.6 Å². The molecule has 0 spiro atoms. The Morgan fingerprint density at radius 3 is 2.27 bits per heavy atom. The summed E-state index contributed by atoms with van der Waals surface area (Å²) in [6.45, 7) is 4.78. The van der Waals surface area contributed by atoms with Gasteiger partial charge in [0.25, 0.3) is 0 Å². The van der Waals surface area contributed by atoms with Crippen molar-refractivity contribution in [3.8, 4) is 0 Å². The Morgan fingerprint density at radius 1 is 1.13 bits per heavy atom. The number of ether oxygens (including phenoxy) is 1. The molecule has 0 aromatic carbocycles. The molecule has 0 radical (unpaired) electrons. The second kappa shape index (κ2) is 9.97. The van der Waals surface area contributed by atoms with Crippen molar-refractivity contribution in [3.05, 3.63) is 0 Å². The van der Waals surface area contributed by atoms with Crippen LogP contribution in [0.3, 0.4) is 0 Å². The van der Waals surface area contributed by atoms with Gasteiger partial charge in [-0.3, -0.25) is 4.79 Å². The van der Waals surface area contributed by atoms with Crippen molar-refractivity contribution in [1.82, 2.24) is 0 Å². The maximum absolute atomic E-state index is 10.8. The molecule has 0 aromatic rings. The maximum atomic E-state index is 10.8. The van der Waals surface area contributed by atoms with Crippen molar-refractivity contribution < 1.29 is 9.53 Å². The van der Waals surface area contributed by atoms with Crippen LogP contribution in [0.2, 0.25) is 0 Å². The number of unbranched alkanes of at least 4 members (excludes halogenated alkanes) is 5. The molecule has 0 aliphatic rings. The van der Waals surface area contributed by atoms with Gasteiger partial charge in [-0.2, -0.15) is 0 Å². The largest absolute Gasteiger partial charge is 0.368 e. The Balaban J connectivity index is 3.25. The molecule has 0 saturated carbocycles. The predicted octanol–water partition coefficient (Wildman–Crippen LogP) is 2.63. The SMILES string of the molecule is CCCCCCCCOC(CC)C(N)=O. The number of primary amides is 1. The fourth-order valence-corrected chi connectivity index (χ4v) is 1.51. The number of rotatable bonds is 10. The first-order chi connectivity index (χ1) is 7.22. The summed E-state index contributed by atoms with van der Waals surface area (Å²) in [5.74, 6) is -0.344. The van der Waals surface area contributed by atoms with Crippen molar-refractivity contribution in [2.45, 2.75) is 64.9 Å². The molecule has 90 valence electrons. The molecule has 1 amide bonds. The van der Waals surface area contributed by atoms with E-state index in [2.05, 4.69) is 6.92 Å². The molecular weight excluding hydrogens is 190 g/mol. The van der Waals surface area contributed by atoms with Crippen LogP contribution in [0.5, 0.6) is 0 Å². The molecule has 15 heavy (non-hydrogen) atoms. The van der Waals surface area contributed by atoms with Gasteiger partial charge in [-0.25, -0.2) is 0 Å². The monoisotopic (exact) mass is 215 g/mol. The highest BCUT2D eigenvalue weighted by Crippen LogP contribution is 2.06. The third-order valence-electron chi connectivity index (χ3n) is 2.51. The van der Waals surface area contributed by atoms with Gasteiger partial charge in [0.2, 0.25) is 5.91 Å². The lowest BCUT2D eigenvalue weighted by Gasteiger charge is -2.11. The highest BCUT2D eigenvalue weighted by molar-refractivity contribution is 5.78. The molecule has 0 bridgehead atoms. The summed E-state index contributed by atoms with van der Waals surface area (Å²) in [5.41, 5.74) is 5.16. The molecule has 2 N–H and O–H groups in total. The Morgan fingerprint density at radius 2 is 1.73 bits per heavy atom. The number of carbonyl (C=O) groups excluding carboxylic acids is 1. The molecule has 0 fully saturated rings. The van der Waals surface area contributed by atoms with Crippen molar-refractivity contribution in [1.29, 1.82) is 0 Å². The second-order valence-electron chi connectivity index (χ2n) is 3.94. The summed E-state index contributed by atoms with van der Waals surface area (Å²) in [7, 11) is 0. The van der Waals surface area contributed by atoms with Crippen molar-refractivity contribution >= 4 is 5.91 Å². The van der Waals surface area contributed by atoms with Crippen LogP contribution in [0.15, 0.2) is 0 Å². The maximum Gasteiger partial charge on any atom is 0.246 e. The van der Waals surface area contributed by atoms with Crippen LogP contribution >= 0.6 is 0 Å². The number of hydrogen-bond acceptors (Lipinski definition) is 2. The first kappa shape index (κ1) is 14.4. The minimum atomic E-state index is -0.388. The number of amides is 1. The first-order valence-corrected chi connectivity index (χ1v) is 6.13. The van der Waals surface area contributed by atoms with E-state index in [1.807, 2.05) is 6.92 Å². The highest BCUT2D eigenvalue weighted by Gasteiger charge is 2.11. The molecule has 0 aromatic heterocycles. The van der Waals surface area contributed by atoms with Crippen molar-refractivity contribution in [2.24, 2.45) is 5.73 Å². The van der Waals surface area contributed by atoms with Gasteiger partial charge in [0.15, 0.2) is 0 Å². The van der Waals surface area contributed by atoms with E-state index < -0.39 is 0 Å². The summed E-state index contributed by atoms with van der Waals surface area (Å²) < 4.78 is 5.38. The topological polar surface area (TPSA) is 52.3 Å². The van der Waals surface area contributed by atoms with Crippen LogP contribution in [0.4, 0.5) is 0 Å². The summed E-state index contributed by atoms with van der Waals surface area (Å²) in [6.07, 6.45) is 7.68. The van der Waals surface area contributed by atoms with Gasteiger partial charge in [-0.1, -0.05) is 46.0 Å². The van der Waals surface area contributed by atoms with E-state index >= 15 is 0 Å². The van der Waals surface area contributed by atoms with E-state index in [-0.39, 0.29) is 12.0 Å². The molecule has 0 aliphatic heterocycles. The van der Waals surface area contributed by atoms with Crippen molar-refractivity contribution in [2.75, 3.05) is 6.61 Å². The average Bonchev–Trinajstić information content (AvgIpc) is 2.21. The molecule has 0 rings (SSSR count). The summed E-state index contributed by atoms with van der Waals surface area (Å²) in [5, 5.41) is 0. The minimum Gasteiger partial charge on any atom is -0.368 e. The zero-order valence-corrected chi connectivity index (χ0v) is 10.1. The third kappa shape index (κ3) is 8.43. The fraction of sp³-hybridized carbons (Fsp3) is 0.917. The zero-order valence-electron chi connectivity index (χ0n) is 10.1. The molecule has 1 unspecified atom stereocenters. The molecule has 0 aliphatic carbocycles. The van der Waals surface area contributed by atoms with Crippen LogP contribution in [0, 0.1) is 0 Å². The lowest BCUT2D eigenvalue weighted by Crippen LogP contribution is -2.30. The van der Waals surface area contributed by atoms with E-state index in [1.54, 1.807) is 0 Å². The molecular formula is C12H25NO2. The van der Waals surface area contributed by atoms with Gasteiger partial charge in [-0.05, 0) is 12.8 Å². The van der Waals surface area contributed by atoms with E-state index in [4.69, 9.17) is 10.5 Å². The van der Waals surface area contributed by atoms with Crippen LogP contribution in [-0.2, 0) is 9.53 Å². The predicted molar refractivity (Wildman–Crippen MR) is 62.6 cm³/mol. The highest BCUT2D eigenvalue weighted by atomic mass is 16.5. The standard InChI is InChI=1S/C12H25NO2/c1-3-5-6-7-8-9-10-15-11(4-2)12(13)14/h11H,3-10H2,1-2H3,(H2,13,14). The molecule has 0 heterocycles. The number of carbonyl (C=O) groups is 1. The Kier molecular flexibility index (Phi) is 9.59. The van der Waals surface area contributed by atoms with Gasteiger partial charge < -0.3 is 10.5 Å². The average molecular weight is 215 g/mol. The van der Waals surface area contributed by atoms with Gasteiger partial charge in [0.1, 0.15) is 6.10 Å². The quantitative estimate of drug-likeness (QED) is 0.569. The van der Waals surface area contributed by atoms with Crippen LogP contribution < -0.4 is 5.73 Å². The number of nitrogens with two attached hydrogens (primary N) is 1. The normalized spacial score (nSPS) is 12.7. The van der Waals surface area contributed by atoms with Crippen LogP contribution in [0.1, 0.15) is 58.8 Å². The Labute approximate surface area is 93.4 Å². The lowest BCUT2D eigenvalue weighted by atomic mass is 10.1.